The van der Waals surface area contributed by atoms with E-state index in [4.69, 9.17) is 14.7 Å². The molecule has 0 N–H and O–H groups in total. The van der Waals surface area contributed by atoms with E-state index >= 15 is 0 Å². The highest BCUT2D eigenvalue weighted by atomic mass is 79.9. The number of nitrogens with zero attached hydrogens (tertiary/aromatic N) is 2. The SMILES string of the molecule is CC(C)(C)OC(=O)N1CCC(Oc2ccc(Br)cc2C#N)C(F)(F)C1. The number of likely N-dealkylation sites (tertiary alicyclic amines) is 1. The molecule has 0 bridgehead atoms. The molecular formula is C17H19BrF2N2O3. The van der Waals surface area contributed by atoms with Crippen molar-refractivity contribution in [3.63, 3.8) is 0 Å². The number of hydrogen-bond donors (Lipinski definition) is 0. The van der Waals surface area contributed by atoms with Gasteiger partial charge < -0.3 is 14.4 Å². The number of ether oxygens (including phenoxy) is 2. The topological polar surface area (TPSA) is 62.6 Å². The molecule has 1 aromatic carbocycles. The van der Waals surface area contributed by atoms with Crippen molar-refractivity contribution in [2.24, 2.45) is 0 Å². The third-order valence-corrected chi connectivity index (χ3v) is 4.01. The fraction of sp³-hybridized carbons (Fsp3) is 0.529. The fourth-order valence-corrected chi connectivity index (χ4v) is 2.75. The Morgan fingerprint density at radius 1 is 1.44 bits per heavy atom. The van der Waals surface area contributed by atoms with Crippen LogP contribution in [-0.2, 0) is 4.74 Å². The van der Waals surface area contributed by atoms with Crippen molar-refractivity contribution in [1.29, 1.82) is 5.26 Å². The van der Waals surface area contributed by atoms with Crippen molar-refractivity contribution in [1.82, 2.24) is 4.90 Å². The molecule has 1 unspecified atom stereocenters. The molecule has 1 heterocycles. The minimum absolute atomic E-state index is 0.0623. The van der Waals surface area contributed by atoms with E-state index in [0.29, 0.717) is 4.47 Å². The third-order valence-electron chi connectivity index (χ3n) is 3.52. The molecular weight excluding hydrogens is 398 g/mol. The van der Waals surface area contributed by atoms with Crippen LogP contribution < -0.4 is 4.74 Å². The maximum Gasteiger partial charge on any atom is 0.410 e. The van der Waals surface area contributed by atoms with Gasteiger partial charge in [0.25, 0.3) is 0 Å². The first-order chi connectivity index (χ1) is 11.5. The van der Waals surface area contributed by atoms with Gasteiger partial charge in [-0.25, -0.2) is 13.6 Å². The summed E-state index contributed by atoms with van der Waals surface area (Å²) in [5.74, 6) is -3.16. The van der Waals surface area contributed by atoms with Gasteiger partial charge in [-0.1, -0.05) is 15.9 Å². The Hall–Kier alpha value is -1.88. The van der Waals surface area contributed by atoms with E-state index in [0.717, 1.165) is 4.90 Å². The molecule has 0 spiro atoms. The predicted octanol–water partition coefficient (Wildman–Crippen LogP) is 4.34. The molecule has 1 aliphatic heterocycles. The van der Waals surface area contributed by atoms with Crippen LogP contribution in [0.5, 0.6) is 5.75 Å². The number of alkyl halides is 2. The second kappa shape index (κ2) is 7.16. The zero-order chi connectivity index (χ0) is 18.8. The Kier molecular flexibility index (Phi) is 5.57. The minimum Gasteiger partial charge on any atom is -0.483 e. The molecule has 0 aliphatic carbocycles. The van der Waals surface area contributed by atoms with Crippen molar-refractivity contribution >= 4 is 22.0 Å². The lowest BCUT2D eigenvalue weighted by molar-refractivity contribution is -0.137. The molecule has 1 amide bonds. The molecule has 1 aliphatic rings. The second-order valence-electron chi connectivity index (χ2n) is 6.81. The highest BCUT2D eigenvalue weighted by Crippen LogP contribution is 2.33. The van der Waals surface area contributed by atoms with Crippen LogP contribution in [0.1, 0.15) is 32.8 Å². The lowest BCUT2D eigenvalue weighted by atomic mass is 10.0. The molecule has 0 radical (unpaired) electrons. The van der Waals surface area contributed by atoms with Gasteiger partial charge in [-0.15, -0.1) is 0 Å². The van der Waals surface area contributed by atoms with Crippen LogP contribution in [0.25, 0.3) is 0 Å². The lowest BCUT2D eigenvalue weighted by Gasteiger charge is -2.38. The average molecular weight is 417 g/mol. The number of rotatable bonds is 2. The molecule has 0 aromatic heterocycles. The Morgan fingerprint density at radius 2 is 2.12 bits per heavy atom. The number of carbonyl (C=O) groups is 1. The van der Waals surface area contributed by atoms with Gasteiger partial charge in [0.1, 0.15) is 17.4 Å². The van der Waals surface area contributed by atoms with Crippen LogP contribution in [0.15, 0.2) is 22.7 Å². The maximum atomic E-state index is 14.4. The first-order valence-electron chi connectivity index (χ1n) is 7.74. The maximum absolute atomic E-state index is 14.4. The number of benzene rings is 1. The minimum atomic E-state index is -3.26. The summed E-state index contributed by atoms with van der Waals surface area (Å²) in [6, 6.07) is 6.51. The molecule has 1 fully saturated rings. The van der Waals surface area contributed by atoms with E-state index in [1.165, 1.54) is 12.1 Å². The van der Waals surface area contributed by atoms with Gasteiger partial charge in [-0.05, 0) is 39.0 Å². The van der Waals surface area contributed by atoms with Crippen molar-refractivity contribution in [3.8, 4) is 11.8 Å². The average Bonchev–Trinajstić information content (AvgIpc) is 2.48. The highest BCUT2D eigenvalue weighted by Gasteiger charge is 2.48. The Morgan fingerprint density at radius 3 is 2.68 bits per heavy atom. The van der Waals surface area contributed by atoms with Gasteiger partial charge in [-0.3, -0.25) is 0 Å². The second-order valence-corrected chi connectivity index (χ2v) is 7.73. The summed E-state index contributed by atoms with van der Waals surface area (Å²) in [5.41, 5.74) is -0.585. The lowest BCUT2D eigenvalue weighted by Crippen LogP contribution is -2.56. The monoisotopic (exact) mass is 416 g/mol. The molecule has 1 saturated heterocycles. The van der Waals surface area contributed by atoms with E-state index in [1.54, 1.807) is 26.8 Å². The standard InChI is InChI=1S/C17H19BrF2N2O3/c1-16(2,3)25-15(23)22-7-6-14(17(19,20)10-22)24-13-5-4-12(18)8-11(13)9-21/h4-5,8,14H,6-7,10H2,1-3H3. The summed E-state index contributed by atoms with van der Waals surface area (Å²) < 4.78 is 40.1. The van der Waals surface area contributed by atoms with Gasteiger partial charge in [-0.2, -0.15) is 5.26 Å². The van der Waals surface area contributed by atoms with Crippen molar-refractivity contribution in [2.75, 3.05) is 13.1 Å². The Bertz CT molecular complexity index is 698. The molecule has 0 saturated carbocycles. The van der Waals surface area contributed by atoms with E-state index < -0.39 is 30.3 Å². The van der Waals surface area contributed by atoms with Gasteiger partial charge >= 0.3 is 12.0 Å². The zero-order valence-corrected chi connectivity index (χ0v) is 15.8. The van der Waals surface area contributed by atoms with Crippen LogP contribution in [0.4, 0.5) is 13.6 Å². The fourth-order valence-electron chi connectivity index (χ4n) is 2.39. The molecule has 25 heavy (non-hydrogen) atoms. The van der Waals surface area contributed by atoms with E-state index in [-0.39, 0.29) is 24.3 Å². The largest absolute Gasteiger partial charge is 0.483 e. The van der Waals surface area contributed by atoms with E-state index in [1.807, 2.05) is 6.07 Å². The molecule has 136 valence electrons. The van der Waals surface area contributed by atoms with Crippen LogP contribution >= 0.6 is 15.9 Å². The summed E-state index contributed by atoms with van der Waals surface area (Å²) >= 11 is 3.22. The molecule has 2 rings (SSSR count). The number of hydrogen-bond acceptors (Lipinski definition) is 4. The van der Waals surface area contributed by atoms with E-state index in [9.17, 15) is 13.6 Å². The highest BCUT2D eigenvalue weighted by molar-refractivity contribution is 9.10. The normalized spacial score (nSPS) is 19.9. The number of halogens is 3. The van der Waals surface area contributed by atoms with Crippen LogP contribution in [0, 0.1) is 11.3 Å². The predicted molar refractivity (Wildman–Crippen MR) is 90.6 cm³/mol. The van der Waals surface area contributed by atoms with Crippen LogP contribution in [-0.4, -0.2) is 41.7 Å². The smallest absolute Gasteiger partial charge is 0.410 e. The summed E-state index contributed by atoms with van der Waals surface area (Å²) in [5, 5.41) is 9.12. The van der Waals surface area contributed by atoms with Crippen molar-refractivity contribution in [2.45, 2.75) is 44.8 Å². The van der Waals surface area contributed by atoms with Gasteiger partial charge in [0.05, 0.1) is 12.1 Å². The molecule has 5 nitrogen and oxygen atoms in total. The number of piperidine rings is 1. The van der Waals surface area contributed by atoms with Crippen LogP contribution in [0.3, 0.4) is 0 Å². The molecule has 1 atom stereocenters. The number of nitriles is 1. The third kappa shape index (κ3) is 5.05. The van der Waals surface area contributed by atoms with Gasteiger partial charge in [0.15, 0.2) is 6.10 Å². The zero-order valence-electron chi connectivity index (χ0n) is 14.2. The van der Waals surface area contributed by atoms with Crippen molar-refractivity contribution in [3.05, 3.63) is 28.2 Å². The Labute approximate surface area is 153 Å². The summed E-state index contributed by atoms with van der Waals surface area (Å²) in [4.78, 5) is 13.0. The Balaban J connectivity index is 2.09. The van der Waals surface area contributed by atoms with Gasteiger partial charge in [0.2, 0.25) is 0 Å². The molecule has 1 aromatic rings. The summed E-state index contributed by atoms with van der Waals surface area (Å²) in [6.07, 6.45) is -2.25. The van der Waals surface area contributed by atoms with Gasteiger partial charge in [0, 0.05) is 17.4 Å². The van der Waals surface area contributed by atoms with E-state index in [2.05, 4.69) is 15.9 Å². The quantitative estimate of drug-likeness (QED) is 0.718. The van der Waals surface area contributed by atoms with Crippen LogP contribution in [0.2, 0.25) is 0 Å². The number of amides is 1. The summed E-state index contributed by atoms with van der Waals surface area (Å²) in [7, 11) is 0. The summed E-state index contributed by atoms with van der Waals surface area (Å²) in [6.45, 7) is 4.33. The first-order valence-corrected chi connectivity index (χ1v) is 8.53. The van der Waals surface area contributed by atoms with Crippen molar-refractivity contribution < 1.29 is 23.0 Å². The molecule has 8 heteroatoms. The number of carbonyl (C=O) groups excluding carboxylic acids is 1. The first kappa shape index (κ1) is 19.4.